The van der Waals surface area contributed by atoms with Gasteiger partial charge in [-0.2, -0.15) is 0 Å². The number of benzene rings is 9. The summed E-state index contributed by atoms with van der Waals surface area (Å²) in [6.45, 7) is 0. The molecule has 0 spiro atoms. The van der Waals surface area contributed by atoms with Gasteiger partial charge in [-0.15, -0.1) is 0 Å². The van der Waals surface area contributed by atoms with Crippen LogP contribution in [0.4, 0.5) is 17.1 Å². The first-order valence-corrected chi connectivity index (χ1v) is 17.8. The molecule has 0 aliphatic rings. The third kappa shape index (κ3) is 5.04. The Hall–Kier alpha value is -6.90. The van der Waals surface area contributed by atoms with Crippen molar-refractivity contribution >= 4 is 60.5 Å². The average Bonchev–Trinajstić information content (AvgIpc) is 3.62. The molecular formula is C50H33NO. The Kier molecular flexibility index (Phi) is 7.18. The van der Waals surface area contributed by atoms with Gasteiger partial charge < -0.3 is 9.32 Å². The first-order valence-electron chi connectivity index (χ1n) is 17.8. The van der Waals surface area contributed by atoms with Gasteiger partial charge in [0.2, 0.25) is 0 Å². The second kappa shape index (κ2) is 12.5. The van der Waals surface area contributed by atoms with Gasteiger partial charge in [0, 0.05) is 22.0 Å². The van der Waals surface area contributed by atoms with Crippen LogP contribution >= 0.6 is 0 Å². The van der Waals surface area contributed by atoms with Gasteiger partial charge in [0.1, 0.15) is 11.2 Å². The number of hydrogen-bond donors (Lipinski definition) is 0. The minimum Gasteiger partial charge on any atom is -0.455 e. The van der Waals surface area contributed by atoms with Gasteiger partial charge >= 0.3 is 0 Å². The summed E-state index contributed by atoms with van der Waals surface area (Å²) in [5, 5.41) is 7.05. The van der Waals surface area contributed by atoms with Gasteiger partial charge in [0.05, 0.1) is 16.8 Å². The van der Waals surface area contributed by atoms with Crippen molar-refractivity contribution < 1.29 is 4.42 Å². The maximum absolute atomic E-state index is 6.75. The highest BCUT2D eigenvalue weighted by Gasteiger charge is 2.24. The highest BCUT2D eigenvalue weighted by Crippen LogP contribution is 2.48. The molecule has 0 unspecified atom stereocenters. The van der Waals surface area contributed by atoms with E-state index >= 15 is 0 Å². The van der Waals surface area contributed by atoms with E-state index in [0.717, 1.165) is 50.1 Å². The molecule has 0 radical (unpaired) electrons. The van der Waals surface area contributed by atoms with Gasteiger partial charge in [0.15, 0.2) is 0 Å². The topological polar surface area (TPSA) is 16.4 Å². The molecule has 0 bridgehead atoms. The van der Waals surface area contributed by atoms with Crippen LogP contribution in [0, 0.1) is 0 Å². The molecule has 0 amide bonds. The summed E-state index contributed by atoms with van der Waals surface area (Å²) in [5.74, 6) is 0. The Labute approximate surface area is 302 Å². The van der Waals surface area contributed by atoms with E-state index in [1.165, 1.54) is 43.8 Å². The average molecular weight is 664 g/mol. The lowest BCUT2D eigenvalue weighted by Crippen LogP contribution is -2.11. The summed E-state index contributed by atoms with van der Waals surface area (Å²) >= 11 is 0. The summed E-state index contributed by atoms with van der Waals surface area (Å²) in [6, 6.07) is 71.6. The van der Waals surface area contributed by atoms with Crippen LogP contribution in [0.2, 0.25) is 0 Å². The van der Waals surface area contributed by atoms with E-state index in [1.807, 2.05) is 6.07 Å². The molecule has 0 saturated heterocycles. The quantitative estimate of drug-likeness (QED) is 0.165. The van der Waals surface area contributed by atoms with Gasteiger partial charge in [-0.05, 0) is 80.4 Å². The normalized spacial score (nSPS) is 11.5. The van der Waals surface area contributed by atoms with Gasteiger partial charge in [-0.1, -0.05) is 164 Å². The number of hydrogen-bond acceptors (Lipinski definition) is 2. The maximum atomic E-state index is 6.75. The summed E-state index contributed by atoms with van der Waals surface area (Å²) in [4.78, 5) is 2.43. The van der Waals surface area contributed by atoms with E-state index in [9.17, 15) is 0 Å². The van der Waals surface area contributed by atoms with Crippen LogP contribution in [0.25, 0.3) is 76.9 Å². The summed E-state index contributed by atoms with van der Waals surface area (Å²) in [5.41, 5.74) is 12.0. The Morgan fingerprint density at radius 3 is 1.56 bits per heavy atom. The maximum Gasteiger partial charge on any atom is 0.145 e. The van der Waals surface area contributed by atoms with Crippen LogP contribution in [0.5, 0.6) is 0 Å². The highest BCUT2D eigenvalue weighted by molar-refractivity contribution is 6.20. The van der Waals surface area contributed by atoms with Gasteiger partial charge in [-0.3, -0.25) is 0 Å². The van der Waals surface area contributed by atoms with Crippen molar-refractivity contribution in [3.8, 4) is 33.4 Å². The van der Waals surface area contributed by atoms with Crippen molar-refractivity contribution in [3.63, 3.8) is 0 Å². The van der Waals surface area contributed by atoms with E-state index in [0.29, 0.717) is 0 Å². The number of rotatable bonds is 6. The first-order chi connectivity index (χ1) is 25.8. The zero-order chi connectivity index (χ0) is 34.4. The number of anilines is 3. The third-order valence-corrected chi connectivity index (χ3v) is 10.3. The minimum absolute atomic E-state index is 0.875. The molecule has 244 valence electrons. The molecule has 2 nitrogen and oxygen atoms in total. The second-order valence-electron chi connectivity index (χ2n) is 13.3. The highest BCUT2D eigenvalue weighted by atomic mass is 16.3. The fraction of sp³-hybridized carbons (Fsp3) is 0. The lowest BCUT2D eigenvalue weighted by Gasteiger charge is -2.28. The van der Waals surface area contributed by atoms with Crippen molar-refractivity contribution in [2.24, 2.45) is 0 Å². The molecule has 10 rings (SSSR count). The monoisotopic (exact) mass is 663 g/mol. The Morgan fingerprint density at radius 1 is 0.346 bits per heavy atom. The SMILES string of the molecule is c1ccc(-c2ccc(-c3ccc(N(c4cc5ccccc5c5ccccc45)c4ccc(-c5ccccc5)c5oc6ccccc6c45)cc3)cc2)cc1. The Morgan fingerprint density at radius 2 is 0.865 bits per heavy atom. The Bertz CT molecular complexity index is 2870. The molecule has 10 aromatic rings. The first kappa shape index (κ1) is 30.0. The molecule has 0 aliphatic carbocycles. The number of furan rings is 1. The minimum atomic E-state index is 0.875. The van der Waals surface area contributed by atoms with Crippen molar-refractivity contribution in [1.29, 1.82) is 0 Å². The molecule has 0 N–H and O–H groups in total. The molecule has 0 fully saturated rings. The molecule has 0 saturated carbocycles. The van der Waals surface area contributed by atoms with Crippen LogP contribution < -0.4 is 4.90 Å². The third-order valence-electron chi connectivity index (χ3n) is 10.3. The fourth-order valence-electron chi connectivity index (χ4n) is 7.76. The summed E-state index contributed by atoms with van der Waals surface area (Å²) in [7, 11) is 0. The van der Waals surface area contributed by atoms with E-state index in [-0.39, 0.29) is 0 Å². The van der Waals surface area contributed by atoms with E-state index in [4.69, 9.17) is 4.42 Å². The zero-order valence-electron chi connectivity index (χ0n) is 28.4. The van der Waals surface area contributed by atoms with E-state index < -0.39 is 0 Å². The fourth-order valence-corrected chi connectivity index (χ4v) is 7.76. The molecular weight excluding hydrogens is 631 g/mol. The van der Waals surface area contributed by atoms with E-state index in [1.54, 1.807) is 0 Å². The molecule has 1 aromatic heterocycles. The van der Waals surface area contributed by atoms with E-state index in [2.05, 4.69) is 199 Å². The summed E-state index contributed by atoms with van der Waals surface area (Å²) in [6.07, 6.45) is 0. The largest absolute Gasteiger partial charge is 0.455 e. The molecule has 1 heterocycles. The predicted molar refractivity (Wildman–Crippen MR) is 220 cm³/mol. The molecule has 0 aliphatic heterocycles. The van der Waals surface area contributed by atoms with Crippen molar-refractivity contribution in [2.75, 3.05) is 4.90 Å². The Balaban J connectivity index is 1.20. The lowest BCUT2D eigenvalue weighted by molar-refractivity contribution is 0.670. The van der Waals surface area contributed by atoms with Crippen LogP contribution in [-0.4, -0.2) is 0 Å². The molecule has 0 atom stereocenters. The standard InChI is InChI=1S/C50H33NO/c1-3-13-34(14-4-1)35-23-25-36(26-24-35)37-27-29-40(30-28-37)51(47-33-39-17-7-8-18-41(39)43-19-9-10-20-44(43)47)46-32-31-42(38-15-5-2-6-16-38)50-49(46)45-21-11-12-22-48(45)52-50/h1-33H. The van der Waals surface area contributed by atoms with Gasteiger partial charge in [0.25, 0.3) is 0 Å². The second-order valence-corrected chi connectivity index (χ2v) is 13.3. The van der Waals surface area contributed by atoms with Crippen LogP contribution in [-0.2, 0) is 0 Å². The summed E-state index contributed by atoms with van der Waals surface area (Å²) < 4.78 is 6.75. The van der Waals surface area contributed by atoms with Crippen LogP contribution in [0.15, 0.2) is 205 Å². The predicted octanol–water partition coefficient (Wildman–Crippen LogP) is 14.4. The van der Waals surface area contributed by atoms with Gasteiger partial charge in [-0.25, -0.2) is 0 Å². The van der Waals surface area contributed by atoms with Crippen molar-refractivity contribution in [1.82, 2.24) is 0 Å². The van der Waals surface area contributed by atoms with Crippen LogP contribution in [0.3, 0.4) is 0 Å². The molecule has 9 aromatic carbocycles. The smallest absolute Gasteiger partial charge is 0.145 e. The van der Waals surface area contributed by atoms with Crippen molar-refractivity contribution in [2.45, 2.75) is 0 Å². The zero-order valence-corrected chi connectivity index (χ0v) is 28.4. The number of fused-ring (bicyclic) bond motifs is 6. The molecule has 2 heteroatoms. The number of para-hydroxylation sites is 1. The van der Waals surface area contributed by atoms with Crippen molar-refractivity contribution in [3.05, 3.63) is 200 Å². The molecule has 52 heavy (non-hydrogen) atoms. The number of nitrogens with zero attached hydrogens (tertiary/aromatic N) is 1. The lowest BCUT2D eigenvalue weighted by atomic mass is 9.96. The van der Waals surface area contributed by atoms with Crippen LogP contribution in [0.1, 0.15) is 0 Å².